The number of fused-ring (bicyclic) bond motifs is 3. The third kappa shape index (κ3) is 5.60. The third-order valence-electron chi connectivity index (χ3n) is 6.39. The number of carbonyl (C=O) groups excluding carboxylic acids is 1. The van der Waals surface area contributed by atoms with Gasteiger partial charge in [0.1, 0.15) is 29.5 Å². The summed E-state index contributed by atoms with van der Waals surface area (Å²) in [7, 11) is 1.80. The zero-order valence-corrected chi connectivity index (χ0v) is 21.0. The largest absolute Gasteiger partial charge is 0.480 e. The van der Waals surface area contributed by atoms with Crippen molar-refractivity contribution in [1.29, 1.82) is 0 Å². The monoisotopic (exact) mass is 491 g/mol. The Morgan fingerprint density at radius 1 is 1.18 bits per heavy atom. The molecule has 2 heterocycles. The normalized spacial score (nSPS) is 22.4. The van der Waals surface area contributed by atoms with E-state index in [1.54, 1.807) is 29.6 Å². The van der Waals surface area contributed by atoms with Gasteiger partial charge in [-0.05, 0) is 64.9 Å². The molecule has 2 aromatic heterocycles. The summed E-state index contributed by atoms with van der Waals surface area (Å²) in [5, 5.41) is 9.82. The lowest BCUT2D eigenvalue weighted by Gasteiger charge is -2.35. The summed E-state index contributed by atoms with van der Waals surface area (Å²) in [4.78, 5) is 36.0. The van der Waals surface area contributed by atoms with E-state index in [0.29, 0.717) is 12.5 Å². The van der Waals surface area contributed by atoms with Crippen molar-refractivity contribution in [2.45, 2.75) is 83.0 Å². The van der Waals surface area contributed by atoms with E-state index in [4.69, 9.17) is 19.3 Å². The van der Waals surface area contributed by atoms with Crippen molar-refractivity contribution in [3.63, 3.8) is 0 Å². The van der Waals surface area contributed by atoms with Gasteiger partial charge in [-0.15, -0.1) is 11.3 Å². The molecule has 0 aromatic carbocycles. The van der Waals surface area contributed by atoms with Crippen LogP contribution < -0.4 is 4.74 Å². The molecular weight excluding hydrogens is 458 g/mol. The van der Waals surface area contributed by atoms with E-state index >= 15 is 0 Å². The molecule has 2 aromatic rings. The summed E-state index contributed by atoms with van der Waals surface area (Å²) in [5.41, 5.74) is 0.640. The van der Waals surface area contributed by atoms with Crippen LogP contribution in [0.4, 0.5) is 4.79 Å². The molecule has 1 amide bonds. The summed E-state index contributed by atoms with van der Waals surface area (Å²) in [6, 6.07) is 0.126. The van der Waals surface area contributed by atoms with E-state index in [-0.39, 0.29) is 30.8 Å². The standard InChI is InChI=1S/C24H33N3O6S/c1-24(2,3)33-23(30)27(4)15-6-8-16(9-7-15)32-21-20-19-14(11-31-12-18(28)29)5-10-17(19)34-22(20)26-13-25-21/h13-16H,5-12H2,1-4H3,(H,28,29)/t14-,15?,16?/m1/s1. The van der Waals surface area contributed by atoms with Crippen molar-refractivity contribution in [2.75, 3.05) is 20.3 Å². The van der Waals surface area contributed by atoms with Gasteiger partial charge < -0.3 is 24.2 Å². The summed E-state index contributed by atoms with van der Waals surface area (Å²) in [5.74, 6) is -0.250. The van der Waals surface area contributed by atoms with Crippen molar-refractivity contribution in [3.05, 3.63) is 16.8 Å². The number of carboxylic acids is 1. The minimum absolute atomic E-state index is 0.0139. The maximum Gasteiger partial charge on any atom is 0.410 e. The summed E-state index contributed by atoms with van der Waals surface area (Å²) >= 11 is 1.66. The molecule has 0 radical (unpaired) electrons. The predicted molar refractivity (Wildman–Crippen MR) is 128 cm³/mol. The zero-order valence-electron chi connectivity index (χ0n) is 20.2. The molecule has 1 N–H and O–H groups in total. The lowest BCUT2D eigenvalue weighted by atomic mass is 9.92. The minimum atomic E-state index is -0.964. The van der Waals surface area contributed by atoms with Crippen molar-refractivity contribution in [1.82, 2.24) is 14.9 Å². The van der Waals surface area contributed by atoms with Crippen LogP contribution in [-0.4, -0.2) is 70.0 Å². The van der Waals surface area contributed by atoms with E-state index in [0.717, 1.165) is 54.3 Å². The third-order valence-corrected chi connectivity index (χ3v) is 7.56. The minimum Gasteiger partial charge on any atom is -0.480 e. The van der Waals surface area contributed by atoms with Crippen LogP contribution in [0.1, 0.15) is 69.2 Å². The van der Waals surface area contributed by atoms with Gasteiger partial charge in [0.15, 0.2) is 0 Å². The topological polar surface area (TPSA) is 111 Å². The Morgan fingerprint density at radius 2 is 1.91 bits per heavy atom. The second-order valence-electron chi connectivity index (χ2n) is 10.1. The molecule has 0 unspecified atom stereocenters. The molecule has 34 heavy (non-hydrogen) atoms. The van der Waals surface area contributed by atoms with Gasteiger partial charge >= 0.3 is 12.1 Å². The van der Waals surface area contributed by atoms with Crippen molar-refractivity contribution >= 4 is 33.6 Å². The number of rotatable bonds is 7. The molecule has 9 nitrogen and oxygen atoms in total. The summed E-state index contributed by atoms with van der Waals surface area (Å²) < 4.78 is 17.3. The highest BCUT2D eigenvalue weighted by molar-refractivity contribution is 7.19. The van der Waals surface area contributed by atoms with Gasteiger partial charge in [0, 0.05) is 23.9 Å². The number of nitrogens with zero attached hydrogens (tertiary/aromatic N) is 3. The molecule has 0 aliphatic heterocycles. The SMILES string of the molecule is CN(C(=O)OC(C)(C)C)C1CCC(Oc2ncnc3sc4c(c23)[C@@H](COCC(=O)O)CC4)CC1. The van der Waals surface area contributed by atoms with E-state index < -0.39 is 11.6 Å². The van der Waals surface area contributed by atoms with Gasteiger partial charge in [-0.3, -0.25) is 0 Å². The van der Waals surface area contributed by atoms with Crippen LogP contribution in [0, 0.1) is 0 Å². The first-order chi connectivity index (χ1) is 16.1. The number of thiophene rings is 1. The smallest absolute Gasteiger partial charge is 0.410 e. The fourth-order valence-corrected chi connectivity index (χ4v) is 6.01. The van der Waals surface area contributed by atoms with Gasteiger partial charge in [0.05, 0.1) is 12.0 Å². The molecular formula is C24H33N3O6S. The van der Waals surface area contributed by atoms with Crippen molar-refractivity contribution in [3.8, 4) is 5.88 Å². The molecule has 0 bridgehead atoms. The van der Waals surface area contributed by atoms with Gasteiger partial charge in [-0.2, -0.15) is 0 Å². The number of hydrogen-bond acceptors (Lipinski definition) is 8. The number of aryl methyl sites for hydroxylation is 1. The molecule has 2 aliphatic carbocycles. The van der Waals surface area contributed by atoms with E-state index in [9.17, 15) is 9.59 Å². The lowest BCUT2D eigenvalue weighted by molar-refractivity contribution is -0.142. The van der Waals surface area contributed by atoms with Crippen molar-refractivity contribution in [2.24, 2.45) is 0 Å². The average Bonchev–Trinajstić information content (AvgIpc) is 3.32. The van der Waals surface area contributed by atoms with Crippen LogP contribution in [0.15, 0.2) is 6.33 Å². The lowest BCUT2D eigenvalue weighted by Crippen LogP contribution is -2.43. The molecule has 1 fully saturated rings. The summed E-state index contributed by atoms with van der Waals surface area (Å²) in [6.07, 6.45) is 6.43. The Hall–Kier alpha value is -2.46. The Labute approximate surface area is 203 Å². The van der Waals surface area contributed by atoms with Gasteiger partial charge in [0.2, 0.25) is 5.88 Å². The first-order valence-corrected chi connectivity index (χ1v) is 12.6. The molecule has 0 saturated heterocycles. The van der Waals surface area contributed by atoms with E-state index in [1.165, 1.54) is 4.88 Å². The Kier molecular flexibility index (Phi) is 7.28. The number of ether oxygens (including phenoxy) is 3. The Bertz CT molecular complexity index is 1040. The molecule has 2 aliphatic rings. The quantitative estimate of drug-likeness (QED) is 0.607. The predicted octanol–water partition coefficient (Wildman–Crippen LogP) is 4.38. The van der Waals surface area contributed by atoms with Crippen LogP contribution in [0.3, 0.4) is 0 Å². The van der Waals surface area contributed by atoms with E-state index in [2.05, 4.69) is 9.97 Å². The van der Waals surface area contributed by atoms with Crippen LogP contribution in [0.5, 0.6) is 5.88 Å². The summed E-state index contributed by atoms with van der Waals surface area (Å²) in [6.45, 7) is 5.68. The molecule has 1 atom stereocenters. The fourth-order valence-electron chi connectivity index (χ4n) is 4.78. The maximum absolute atomic E-state index is 12.4. The van der Waals surface area contributed by atoms with Crippen LogP contribution in [0.25, 0.3) is 10.2 Å². The molecule has 4 rings (SSSR count). The molecule has 0 spiro atoms. The van der Waals surface area contributed by atoms with Gasteiger partial charge in [-0.25, -0.2) is 19.6 Å². The maximum atomic E-state index is 12.4. The average molecular weight is 492 g/mol. The Balaban J connectivity index is 1.42. The van der Waals surface area contributed by atoms with Gasteiger partial charge in [0.25, 0.3) is 0 Å². The number of carboxylic acid groups (broad SMARTS) is 1. The zero-order chi connectivity index (χ0) is 24.5. The van der Waals surface area contributed by atoms with Crippen LogP contribution in [-0.2, 0) is 20.7 Å². The molecule has 1 saturated carbocycles. The fraction of sp³-hybridized carbons (Fsp3) is 0.667. The van der Waals surface area contributed by atoms with E-state index in [1.807, 2.05) is 20.8 Å². The number of hydrogen-bond donors (Lipinski definition) is 1. The number of aromatic nitrogens is 2. The molecule has 186 valence electrons. The number of aliphatic carboxylic acids is 1. The first kappa shape index (κ1) is 24.7. The number of amides is 1. The van der Waals surface area contributed by atoms with Gasteiger partial charge in [-0.1, -0.05) is 0 Å². The Morgan fingerprint density at radius 3 is 2.59 bits per heavy atom. The van der Waals surface area contributed by atoms with Crippen LogP contribution >= 0.6 is 11.3 Å². The highest BCUT2D eigenvalue weighted by Crippen LogP contribution is 2.46. The highest BCUT2D eigenvalue weighted by atomic mass is 32.1. The second kappa shape index (κ2) is 10.0. The van der Waals surface area contributed by atoms with Crippen molar-refractivity contribution < 1.29 is 28.9 Å². The first-order valence-electron chi connectivity index (χ1n) is 11.8. The number of carbonyl (C=O) groups is 2. The van der Waals surface area contributed by atoms with Crippen LogP contribution in [0.2, 0.25) is 0 Å². The molecule has 10 heteroatoms. The highest BCUT2D eigenvalue weighted by Gasteiger charge is 2.33. The second-order valence-corrected chi connectivity index (χ2v) is 11.2.